The van der Waals surface area contributed by atoms with Crippen molar-refractivity contribution in [3.05, 3.63) is 54.4 Å². The van der Waals surface area contributed by atoms with Crippen molar-refractivity contribution < 1.29 is 22.5 Å². The van der Waals surface area contributed by atoms with Crippen molar-refractivity contribution >= 4 is 21.4 Å². The molecule has 2 aromatic carbocycles. The number of methoxy groups -OCH3 is 1. The van der Waals surface area contributed by atoms with Crippen molar-refractivity contribution in [2.45, 2.75) is 48.7 Å². The number of hydrogen-bond donors (Lipinski definition) is 1. The van der Waals surface area contributed by atoms with E-state index < -0.39 is 9.84 Å². The van der Waals surface area contributed by atoms with E-state index in [1.807, 2.05) is 12.1 Å². The van der Waals surface area contributed by atoms with Crippen molar-refractivity contribution in [1.82, 2.24) is 10.1 Å². The predicted molar refractivity (Wildman–Crippen MR) is 119 cm³/mol. The van der Waals surface area contributed by atoms with Crippen LogP contribution in [-0.2, 0) is 21.1 Å². The third-order valence-corrected chi connectivity index (χ3v) is 7.83. The number of rotatable bonds is 8. The van der Waals surface area contributed by atoms with E-state index in [2.05, 4.69) is 15.5 Å². The van der Waals surface area contributed by atoms with E-state index in [9.17, 15) is 13.2 Å². The van der Waals surface area contributed by atoms with Crippen LogP contribution in [0.4, 0.5) is 5.69 Å². The van der Waals surface area contributed by atoms with Gasteiger partial charge in [-0.05, 0) is 55.3 Å². The molecule has 8 nitrogen and oxygen atoms in total. The summed E-state index contributed by atoms with van der Waals surface area (Å²) in [6.07, 6.45) is 3.68. The molecule has 0 bridgehead atoms. The molecule has 1 amide bonds. The minimum Gasteiger partial charge on any atom is -0.497 e. The second kappa shape index (κ2) is 9.52. The molecule has 0 atom stereocenters. The Hall–Kier alpha value is -3.20. The van der Waals surface area contributed by atoms with Gasteiger partial charge < -0.3 is 14.6 Å². The molecule has 9 heteroatoms. The minimum atomic E-state index is -3.37. The smallest absolute Gasteiger partial charge is 0.227 e. The average molecular weight is 456 g/mol. The van der Waals surface area contributed by atoms with Crippen LogP contribution >= 0.6 is 0 Å². The number of aryl methyl sites for hydroxylation is 1. The van der Waals surface area contributed by atoms with Crippen LogP contribution < -0.4 is 10.1 Å². The number of carbonyl (C=O) groups excluding carboxylic acids is 1. The second-order valence-corrected chi connectivity index (χ2v) is 10.00. The Kier molecular flexibility index (Phi) is 6.55. The molecule has 0 spiro atoms. The topological polar surface area (TPSA) is 111 Å². The number of aromatic nitrogens is 2. The molecule has 1 N–H and O–H groups in total. The van der Waals surface area contributed by atoms with E-state index in [0.717, 1.165) is 24.2 Å². The van der Waals surface area contributed by atoms with Gasteiger partial charge in [-0.3, -0.25) is 4.79 Å². The van der Waals surface area contributed by atoms with Crippen LogP contribution in [-0.4, -0.2) is 36.8 Å². The largest absolute Gasteiger partial charge is 0.497 e. The lowest BCUT2D eigenvalue weighted by Crippen LogP contribution is -2.18. The summed E-state index contributed by atoms with van der Waals surface area (Å²) in [5.41, 5.74) is 1.24. The summed E-state index contributed by atoms with van der Waals surface area (Å²) in [5.74, 6) is 1.26. The van der Waals surface area contributed by atoms with Gasteiger partial charge in [0.2, 0.25) is 17.6 Å². The highest BCUT2D eigenvalue weighted by molar-refractivity contribution is 7.92. The monoisotopic (exact) mass is 455 g/mol. The SMILES string of the molecule is COc1ccc(-c2noc(CCC(=O)Nc3cccc(S(=O)(=O)C4CCCC4)c3)n2)cc1. The highest BCUT2D eigenvalue weighted by atomic mass is 32.2. The van der Waals surface area contributed by atoms with E-state index in [1.165, 1.54) is 6.07 Å². The standard InChI is InChI=1S/C23H25N3O5S/c1-30-18-11-9-16(10-12-18)23-25-22(31-26-23)14-13-21(27)24-17-5-4-8-20(15-17)32(28,29)19-6-2-3-7-19/h4-5,8-12,15,19H,2-3,6-7,13-14H2,1H3,(H,24,27). The van der Waals surface area contributed by atoms with E-state index in [0.29, 0.717) is 30.2 Å². The molecule has 1 aliphatic carbocycles. The normalized spacial score (nSPS) is 14.4. The van der Waals surface area contributed by atoms with E-state index in [4.69, 9.17) is 9.26 Å². The predicted octanol–water partition coefficient (Wildman–Crippen LogP) is 4.03. The minimum absolute atomic E-state index is 0.129. The van der Waals surface area contributed by atoms with Gasteiger partial charge in [0.15, 0.2) is 9.84 Å². The van der Waals surface area contributed by atoms with E-state index in [1.54, 1.807) is 37.4 Å². The fraction of sp³-hybridized carbons (Fsp3) is 0.348. The van der Waals surface area contributed by atoms with E-state index >= 15 is 0 Å². The first-order valence-corrected chi connectivity index (χ1v) is 12.1. The summed E-state index contributed by atoms with van der Waals surface area (Å²) in [7, 11) is -1.78. The lowest BCUT2D eigenvalue weighted by molar-refractivity contribution is -0.116. The highest BCUT2D eigenvalue weighted by Crippen LogP contribution is 2.30. The van der Waals surface area contributed by atoms with Crippen molar-refractivity contribution in [2.24, 2.45) is 0 Å². The zero-order valence-electron chi connectivity index (χ0n) is 17.8. The van der Waals surface area contributed by atoms with Gasteiger partial charge in [-0.15, -0.1) is 0 Å². The third-order valence-electron chi connectivity index (χ3n) is 5.57. The summed E-state index contributed by atoms with van der Waals surface area (Å²) >= 11 is 0. The number of nitrogens with zero attached hydrogens (tertiary/aromatic N) is 2. The second-order valence-electron chi connectivity index (χ2n) is 7.77. The fourth-order valence-corrected chi connectivity index (χ4v) is 5.70. The molecule has 0 saturated heterocycles. The molecular weight excluding hydrogens is 430 g/mol. The molecular formula is C23H25N3O5S. The van der Waals surface area contributed by atoms with Gasteiger partial charge in [0.1, 0.15) is 5.75 Å². The maximum Gasteiger partial charge on any atom is 0.227 e. The van der Waals surface area contributed by atoms with Crippen LogP contribution in [0, 0.1) is 0 Å². The van der Waals surface area contributed by atoms with Gasteiger partial charge in [0.25, 0.3) is 0 Å². The molecule has 1 aliphatic rings. The van der Waals surface area contributed by atoms with Crippen molar-refractivity contribution in [3.63, 3.8) is 0 Å². The average Bonchev–Trinajstić information content (AvgIpc) is 3.51. The molecule has 1 aromatic heterocycles. The number of amides is 1. The maximum atomic E-state index is 12.8. The third kappa shape index (κ3) is 4.99. The molecule has 0 radical (unpaired) electrons. The molecule has 0 unspecified atom stereocenters. The molecule has 32 heavy (non-hydrogen) atoms. The van der Waals surface area contributed by atoms with Crippen LogP contribution in [0.2, 0.25) is 0 Å². The maximum absolute atomic E-state index is 12.8. The van der Waals surface area contributed by atoms with Crippen molar-refractivity contribution in [1.29, 1.82) is 0 Å². The van der Waals surface area contributed by atoms with Crippen LogP contribution in [0.25, 0.3) is 11.4 Å². The first-order valence-electron chi connectivity index (χ1n) is 10.6. The van der Waals surface area contributed by atoms with Gasteiger partial charge in [-0.2, -0.15) is 4.98 Å². The Bertz CT molecular complexity index is 1180. The summed E-state index contributed by atoms with van der Waals surface area (Å²) in [6.45, 7) is 0. The van der Waals surface area contributed by atoms with Gasteiger partial charge in [-0.25, -0.2) is 8.42 Å². The summed E-state index contributed by atoms with van der Waals surface area (Å²) in [6, 6.07) is 13.7. The molecule has 1 heterocycles. The fourth-order valence-electron chi connectivity index (χ4n) is 3.80. The number of anilines is 1. The molecule has 4 rings (SSSR count). The van der Waals surface area contributed by atoms with Gasteiger partial charge in [0.05, 0.1) is 17.3 Å². The Morgan fingerprint density at radius 2 is 1.91 bits per heavy atom. The molecule has 168 valence electrons. The lowest BCUT2D eigenvalue weighted by atomic mass is 10.2. The number of carbonyl (C=O) groups is 1. The molecule has 0 aliphatic heterocycles. The van der Waals surface area contributed by atoms with Gasteiger partial charge in [0, 0.05) is 24.1 Å². The number of sulfone groups is 1. The number of nitrogens with one attached hydrogen (secondary N) is 1. The molecule has 3 aromatic rings. The van der Waals surface area contributed by atoms with Crippen molar-refractivity contribution in [2.75, 3.05) is 12.4 Å². The first kappa shape index (κ1) is 22.0. The number of hydrogen-bond acceptors (Lipinski definition) is 7. The number of ether oxygens (including phenoxy) is 1. The van der Waals surface area contributed by atoms with Gasteiger partial charge in [-0.1, -0.05) is 24.1 Å². The summed E-state index contributed by atoms with van der Waals surface area (Å²) < 4.78 is 36.0. The van der Waals surface area contributed by atoms with E-state index in [-0.39, 0.29) is 28.9 Å². The molecule has 1 saturated carbocycles. The summed E-state index contributed by atoms with van der Waals surface area (Å²) in [5, 5.41) is 6.39. The quantitative estimate of drug-likeness (QED) is 0.546. The first-order chi connectivity index (χ1) is 15.5. The zero-order chi connectivity index (χ0) is 22.6. The Morgan fingerprint density at radius 1 is 1.16 bits per heavy atom. The van der Waals surface area contributed by atoms with Crippen LogP contribution in [0.1, 0.15) is 38.0 Å². The van der Waals surface area contributed by atoms with Crippen LogP contribution in [0.5, 0.6) is 5.75 Å². The van der Waals surface area contributed by atoms with Gasteiger partial charge >= 0.3 is 0 Å². The Labute approximate surface area is 186 Å². The molecule has 1 fully saturated rings. The Morgan fingerprint density at radius 3 is 2.62 bits per heavy atom. The van der Waals surface area contributed by atoms with Crippen LogP contribution in [0.3, 0.4) is 0 Å². The zero-order valence-corrected chi connectivity index (χ0v) is 18.6. The van der Waals surface area contributed by atoms with Crippen molar-refractivity contribution in [3.8, 4) is 17.1 Å². The van der Waals surface area contributed by atoms with Crippen LogP contribution in [0.15, 0.2) is 57.9 Å². The Balaban J connectivity index is 1.35. The highest BCUT2D eigenvalue weighted by Gasteiger charge is 2.30. The lowest BCUT2D eigenvalue weighted by Gasteiger charge is -2.12. The number of benzene rings is 2. The summed E-state index contributed by atoms with van der Waals surface area (Å²) in [4.78, 5) is 17.0.